The average molecular weight is 350 g/mol. The largest absolute Gasteiger partial charge is 0.338 e. The van der Waals surface area contributed by atoms with Crippen LogP contribution in [0.5, 0.6) is 0 Å². The van der Waals surface area contributed by atoms with E-state index in [1.165, 1.54) is 0 Å². The van der Waals surface area contributed by atoms with Gasteiger partial charge in [-0.2, -0.15) is 0 Å². The fourth-order valence-electron chi connectivity index (χ4n) is 3.33. The van der Waals surface area contributed by atoms with E-state index >= 15 is 0 Å². The molecular formula is C22H26N2O2. The lowest BCUT2D eigenvalue weighted by Gasteiger charge is -2.27. The first kappa shape index (κ1) is 18.2. The number of carbonyl (C=O) groups is 2. The molecule has 0 N–H and O–H groups in total. The van der Waals surface area contributed by atoms with Crippen molar-refractivity contribution in [2.75, 3.05) is 6.54 Å². The van der Waals surface area contributed by atoms with Crippen LogP contribution in [0, 0.1) is 0 Å². The Hall–Kier alpha value is -2.62. The van der Waals surface area contributed by atoms with Gasteiger partial charge in [-0.25, -0.2) is 0 Å². The Bertz CT molecular complexity index is 771. The van der Waals surface area contributed by atoms with Crippen LogP contribution in [0.2, 0.25) is 0 Å². The van der Waals surface area contributed by atoms with Crippen LogP contribution in [0.25, 0.3) is 0 Å². The van der Waals surface area contributed by atoms with E-state index in [1.54, 1.807) is 0 Å². The minimum absolute atomic E-state index is 0.0263. The second-order valence-corrected chi connectivity index (χ2v) is 7.13. The molecule has 0 aliphatic carbocycles. The lowest BCUT2D eigenvalue weighted by molar-refractivity contribution is -0.128. The molecule has 1 aliphatic heterocycles. The summed E-state index contributed by atoms with van der Waals surface area (Å²) >= 11 is 0. The summed E-state index contributed by atoms with van der Waals surface area (Å²) in [4.78, 5) is 28.7. The second-order valence-electron chi connectivity index (χ2n) is 7.13. The first-order valence-corrected chi connectivity index (χ1v) is 9.26. The molecule has 0 radical (unpaired) electrons. The molecule has 1 fully saturated rings. The van der Waals surface area contributed by atoms with Crippen molar-refractivity contribution >= 4 is 11.8 Å². The third-order valence-electron chi connectivity index (χ3n) is 4.80. The molecule has 4 heteroatoms. The number of nitrogens with zero attached hydrogens (tertiary/aromatic N) is 2. The molecule has 0 aromatic heterocycles. The van der Waals surface area contributed by atoms with Gasteiger partial charge in [0.05, 0.1) is 0 Å². The predicted molar refractivity (Wildman–Crippen MR) is 103 cm³/mol. The Balaban J connectivity index is 1.76. The van der Waals surface area contributed by atoms with E-state index in [9.17, 15) is 9.59 Å². The van der Waals surface area contributed by atoms with E-state index in [0.717, 1.165) is 24.1 Å². The van der Waals surface area contributed by atoms with Crippen molar-refractivity contribution in [3.8, 4) is 0 Å². The highest BCUT2D eigenvalue weighted by atomic mass is 16.2. The topological polar surface area (TPSA) is 40.6 Å². The van der Waals surface area contributed by atoms with Crippen molar-refractivity contribution < 1.29 is 9.59 Å². The minimum atomic E-state index is 0.0263. The van der Waals surface area contributed by atoms with Crippen LogP contribution in [0.3, 0.4) is 0 Å². The van der Waals surface area contributed by atoms with Gasteiger partial charge in [-0.3, -0.25) is 9.59 Å². The molecule has 26 heavy (non-hydrogen) atoms. The van der Waals surface area contributed by atoms with Crippen LogP contribution in [0.4, 0.5) is 0 Å². The maximum Gasteiger partial charge on any atom is 0.254 e. The maximum absolute atomic E-state index is 13.1. The van der Waals surface area contributed by atoms with Crippen LogP contribution >= 0.6 is 0 Å². The fourth-order valence-corrected chi connectivity index (χ4v) is 3.33. The summed E-state index contributed by atoms with van der Waals surface area (Å²) in [6.07, 6.45) is 1.56. The van der Waals surface area contributed by atoms with E-state index in [2.05, 4.69) is 0 Å². The third kappa shape index (κ3) is 4.31. The normalized spacial score (nSPS) is 14.1. The molecule has 0 bridgehead atoms. The van der Waals surface area contributed by atoms with Crippen molar-refractivity contribution in [2.45, 2.75) is 45.8 Å². The monoisotopic (exact) mass is 350 g/mol. The molecule has 0 saturated carbocycles. The van der Waals surface area contributed by atoms with Crippen LogP contribution in [-0.2, 0) is 17.9 Å². The lowest BCUT2D eigenvalue weighted by Crippen LogP contribution is -2.36. The van der Waals surface area contributed by atoms with Gasteiger partial charge in [0, 0.05) is 37.7 Å². The Morgan fingerprint density at radius 2 is 1.81 bits per heavy atom. The molecule has 1 heterocycles. The van der Waals surface area contributed by atoms with Gasteiger partial charge in [0.1, 0.15) is 0 Å². The zero-order valence-corrected chi connectivity index (χ0v) is 15.5. The van der Waals surface area contributed by atoms with Crippen molar-refractivity contribution in [3.63, 3.8) is 0 Å². The van der Waals surface area contributed by atoms with Gasteiger partial charge >= 0.3 is 0 Å². The highest BCUT2D eigenvalue weighted by Gasteiger charge is 2.22. The lowest BCUT2D eigenvalue weighted by atomic mass is 10.1. The van der Waals surface area contributed by atoms with Crippen molar-refractivity contribution in [2.24, 2.45) is 0 Å². The van der Waals surface area contributed by atoms with Gasteiger partial charge in [0.15, 0.2) is 0 Å². The van der Waals surface area contributed by atoms with Crippen molar-refractivity contribution in [1.82, 2.24) is 9.80 Å². The number of hydrogen-bond acceptors (Lipinski definition) is 2. The first-order valence-electron chi connectivity index (χ1n) is 9.26. The molecule has 2 aromatic carbocycles. The number of benzene rings is 2. The SMILES string of the molecule is CC(C)N(Cc1ccccc1)C(=O)c1cccc(CN2CCCC2=O)c1. The molecule has 1 saturated heterocycles. The second kappa shape index (κ2) is 8.17. The van der Waals surface area contributed by atoms with E-state index in [1.807, 2.05) is 78.2 Å². The summed E-state index contributed by atoms with van der Waals surface area (Å²) in [6.45, 7) is 6.05. The Morgan fingerprint density at radius 1 is 1.08 bits per heavy atom. The standard InChI is InChI=1S/C22H26N2O2/c1-17(2)24(16-18-8-4-3-5-9-18)22(26)20-11-6-10-19(14-20)15-23-13-7-12-21(23)25/h3-6,8-11,14,17H,7,12-13,15-16H2,1-2H3. The first-order chi connectivity index (χ1) is 12.5. The highest BCUT2D eigenvalue weighted by molar-refractivity contribution is 5.94. The van der Waals surface area contributed by atoms with Gasteiger partial charge in [0.25, 0.3) is 5.91 Å². The number of carbonyl (C=O) groups excluding carboxylic acids is 2. The molecule has 4 nitrogen and oxygen atoms in total. The van der Waals surface area contributed by atoms with Gasteiger partial charge in [-0.1, -0.05) is 42.5 Å². The molecule has 0 spiro atoms. The zero-order chi connectivity index (χ0) is 18.5. The van der Waals surface area contributed by atoms with Crippen LogP contribution in [0.15, 0.2) is 54.6 Å². The molecule has 3 rings (SSSR count). The summed E-state index contributed by atoms with van der Waals surface area (Å²) in [5.74, 6) is 0.230. The highest BCUT2D eigenvalue weighted by Crippen LogP contribution is 2.18. The van der Waals surface area contributed by atoms with E-state index in [4.69, 9.17) is 0 Å². The van der Waals surface area contributed by atoms with Gasteiger partial charge in [-0.15, -0.1) is 0 Å². The van der Waals surface area contributed by atoms with Crippen LogP contribution in [-0.4, -0.2) is 34.2 Å². The molecule has 2 aromatic rings. The van der Waals surface area contributed by atoms with E-state index in [-0.39, 0.29) is 17.9 Å². The van der Waals surface area contributed by atoms with Gasteiger partial charge in [0.2, 0.25) is 5.91 Å². The minimum Gasteiger partial charge on any atom is -0.338 e. The molecule has 0 unspecified atom stereocenters. The number of rotatable bonds is 6. The van der Waals surface area contributed by atoms with Gasteiger partial charge < -0.3 is 9.80 Å². The fraction of sp³-hybridized carbons (Fsp3) is 0.364. The summed E-state index contributed by atoms with van der Waals surface area (Å²) < 4.78 is 0. The number of likely N-dealkylation sites (tertiary alicyclic amines) is 1. The molecule has 0 atom stereocenters. The Kier molecular flexibility index (Phi) is 5.71. The smallest absolute Gasteiger partial charge is 0.254 e. The molecule has 1 aliphatic rings. The number of amides is 2. The zero-order valence-electron chi connectivity index (χ0n) is 15.5. The third-order valence-corrected chi connectivity index (χ3v) is 4.80. The van der Waals surface area contributed by atoms with Crippen molar-refractivity contribution in [3.05, 3.63) is 71.3 Å². The maximum atomic E-state index is 13.1. The summed E-state index contributed by atoms with van der Waals surface area (Å²) in [6, 6.07) is 17.8. The van der Waals surface area contributed by atoms with Gasteiger partial charge in [-0.05, 0) is 43.5 Å². The van der Waals surface area contributed by atoms with E-state index in [0.29, 0.717) is 25.1 Å². The summed E-state index contributed by atoms with van der Waals surface area (Å²) in [5, 5.41) is 0. The van der Waals surface area contributed by atoms with Crippen LogP contribution < -0.4 is 0 Å². The van der Waals surface area contributed by atoms with Crippen molar-refractivity contribution in [1.29, 1.82) is 0 Å². The summed E-state index contributed by atoms with van der Waals surface area (Å²) in [7, 11) is 0. The molecule has 136 valence electrons. The van der Waals surface area contributed by atoms with E-state index < -0.39 is 0 Å². The summed E-state index contributed by atoms with van der Waals surface area (Å²) in [5.41, 5.74) is 2.81. The Morgan fingerprint density at radius 3 is 2.46 bits per heavy atom. The Labute approximate surface area is 155 Å². The van der Waals surface area contributed by atoms with Crippen LogP contribution in [0.1, 0.15) is 48.2 Å². The molecule has 2 amide bonds. The quantitative estimate of drug-likeness (QED) is 0.794. The number of hydrogen-bond donors (Lipinski definition) is 0. The average Bonchev–Trinajstić information content (AvgIpc) is 3.05. The molecular weight excluding hydrogens is 324 g/mol. The predicted octanol–water partition coefficient (Wildman–Crippen LogP) is 3.86.